The SMILES string of the molecule is CCc1c(C(=O)NC2CCc3nccn3C2)cnn1Cc1ccccc1. The van der Waals surface area contributed by atoms with E-state index in [1.807, 2.05) is 35.3 Å². The number of rotatable bonds is 5. The molecule has 0 bridgehead atoms. The van der Waals surface area contributed by atoms with Crippen LogP contribution in [0, 0.1) is 0 Å². The average Bonchev–Trinajstić information content (AvgIpc) is 3.28. The number of aromatic nitrogens is 4. The lowest BCUT2D eigenvalue weighted by Gasteiger charge is -2.24. The molecular weight excluding hydrogens is 326 g/mol. The fraction of sp³-hybridized carbons (Fsp3) is 0.350. The number of aryl methyl sites for hydroxylation is 1. The van der Waals surface area contributed by atoms with Crippen molar-refractivity contribution >= 4 is 5.91 Å². The number of benzene rings is 1. The summed E-state index contributed by atoms with van der Waals surface area (Å²) in [4.78, 5) is 17.2. The third-order valence-electron chi connectivity index (χ3n) is 4.97. The summed E-state index contributed by atoms with van der Waals surface area (Å²) >= 11 is 0. The standard InChI is InChI=1S/C20H23N5O/c1-2-18-17(12-22-25(18)13-15-6-4-3-5-7-15)20(26)23-16-8-9-19-21-10-11-24(19)14-16/h3-7,10-12,16H,2,8-9,13-14H2,1H3,(H,23,26). The lowest BCUT2D eigenvalue weighted by molar-refractivity contribution is 0.0926. The third kappa shape index (κ3) is 3.27. The molecule has 2 aromatic heterocycles. The maximum Gasteiger partial charge on any atom is 0.255 e. The molecule has 0 fully saturated rings. The van der Waals surface area contributed by atoms with Crippen molar-refractivity contribution in [3.8, 4) is 0 Å². The van der Waals surface area contributed by atoms with Crippen LogP contribution in [0.15, 0.2) is 48.9 Å². The van der Waals surface area contributed by atoms with Crippen LogP contribution in [0.2, 0.25) is 0 Å². The molecule has 1 N–H and O–H groups in total. The Hall–Kier alpha value is -2.89. The van der Waals surface area contributed by atoms with Crippen molar-refractivity contribution in [3.05, 3.63) is 71.6 Å². The minimum absolute atomic E-state index is 0.0327. The summed E-state index contributed by atoms with van der Waals surface area (Å²) in [5, 5.41) is 7.64. The molecule has 1 aliphatic heterocycles. The zero-order valence-corrected chi connectivity index (χ0v) is 14.9. The molecule has 1 unspecified atom stereocenters. The van der Waals surface area contributed by atoms with Crippen molar-refractivity contribution in [2.75, 3.05) is 0 Å². The third-order valence-corrected chi connectivity index (χ3v) is 4.97. The predicted molar refractivity (Wildman–Crippen MR) is 99.0 cm³/mol. The van der Waals surface area contributed by atoms with Crippen LogP contribution in [0.3, 0.4) is 0 Å². The largest absolute Gasteiger partial charge is 0.347 e. The summed E-state index contributed by atoms with van der Waals surface area (Å²) in [6.07, 6.45) is 8.08. The second-order valence-corrected chi connectivity index (χ2v) is 6.71. The van der Waals surface area contributed by atoms with Gasteiger partial charge in [-0.2, -0.15) is 5.10 Å². The Morgan fingerprint density at radius 1 is 1.31 bits per heavy atom. The highest BCUT2D eigenvalue weighted by atomic mass is 16.1. The number of nitrogens with zero attached hydrogens (tertiary/aromatic N) is 4. The van der Waals surface area contributed by atoms with Gasteiger partial charge in [-0.1, -0.05) is 37.3 Å². The molecule has 134 valence electrons. The van der Waals surface area contributed by atoms with Gasteiger partial charge in [0.05, 0.1) is 24.0 Å². The first-order valence-electron chi connectivity index (χ1n) is 9.14. The first-order chi connectivity index (χ1) is 12.7. The molecule has 1 aromatic carbocycles. The summed E-state index contributed by atoms with van der Waals surface area (Å²) in [6.45, 7) is 3.52. The van der Waals surface area contributed by atoms with Crippen LogP contribution in [-0.2, 0) is 25.9 Å². The highest BCUT2D eigenvalue weighted by Crippen LogP contribution is 2.16. The summed E-state index contributed by atoms with van der Waals surface area (Å²) < 4.78 is 4.05. The molecular formula is C20H23N5O. The van der Waals surface area contributed by atoms with Crippen molar-refractivity contribution in [1.82, 2.24) is 24.6 Å². The van der Waals surface area contributed by atoms with E-state index in [9.17, 15) is 4.79 Å². The van der Waals surface area contributed by atoms with E-state index in [4.69, 9.17) is 0 Å². The van der Waals surface area contributed by atoms with E-state index in [1.54, 1.807) is 6.20 Å². The van der Waals surface area contributed by atoms with Gasteiger partial charge < -0.3 is 9.88 Å². The molecule has 0 aliphatic carbocycles. The Balaban J connectivity index is 1.48. The van der Waals surface area contributed by atoms with Crippen LogP contribution in [0.25, 0.3) is 0 Å². The van der Waals surface area contributed by atoms with E-state index in [2.05, 4.69) is 39.0 Å². The number of hydrogen-bond donors (Lipinski definition) is 1. The van der Waals surface area contributed by atoms with Gasteiger partial charge in [0.25, 0.3) is 5.91 Å². The first-order valence-corrected chi connectivity index (χ1v) is 9.14. The lowest BCUT2D eigenvalue weighted by atomic mass is 10.1. The second kappa shape index (κ2) is 7.15. The second-order valence-electron chi connectivity index (χ2n) is 6.71. The maximum atomic E-state index is 12.8. The topological polar surface area (TPSA) is 64.7 Å². The van der Waals surface area contributed by atoms with Crippen molar-refractivity contribution < 1.29 is 4.79 Å². The van der Waals surface area contributed by atoms with E-state index >= 15 is 0 Å². The Morgan fingerprint density at radius 3 is 2.96 bits per heavy atom. The Bertz CT molecular complexity index is 896. The van der Waals surface area contributed by atoms with E-state index in [0.29, 0.717) is 12.1 Å². The minimum atomic E-state index is -0.0327. The van der Waals surface area contributed by atoms with Crippen LogP contribution in [0.4, 0.5) is 0 Å². The Labute approximate surface area is 152 Å². The van der Waals surface area contributed by atoms with Gasteiger partial charge in [0.1, 0.15) is 5.82 Å². The number of carbonyl (C=O) groups excluding carboxylic acids is 1. The quantitative estimate of drug-likeness (QED) is 0.769. The first kappa shape index (κ1) is 16.6. The van der Waals surface area contributed by atoms with E-state index in [-0.39, 0.29) is 11.9 Å². The zero-order valence-electron chi connectivity index (χ0n) is 14.9. The summed E-state index contributed by atoms with van der Waals surface area (Å²) in [7, 11) is 0. The van der Waals surface area contributed by atoms with Crippen molar-refractivity contribution in [3.63, 3.8) is 0 Å². The lowest BCUT2D eigenvalue weighted by Crippen LogP contribution is -2.41. The van der Waals surface area contributed by atoms with E-state index < -0.39 is 0 Å². The normalized spacial score (nSPS) is 16.3. The van der Waals surface area contributed by atoms with Crippen LogP contribution in [0.5, 0.6) is 0 Å². The number of amides is 1. The fourth-order valence-corrected chi connectivity index (χ4v) is 3.61. The monoisotopic (exact) mass is 349 g/mol. The molecule has 3 heterocycles. The summed E-state index contributed by atoms with van der Waals surface area (Å²) in [5.41, 5.74) is 2.84. The van der Waals surface area contributed by atoms with Gasteiger partial charge in [0, 0.05) is 31.4 Å². The average molecular weight is 349 g/mol. The van der Waals surface area contributed by atoms with Crippen molar-refractivity contribution in [1.29, 1.82) is 0 Å². The van der Waals surface area contributed by atoms with Gasteiger partial charge in [-0.05, 0) is 18.4 Å². The van der Waals surface area contributed by atoms with Gasteiger partial charge >= 0.3 is 0 Å². The van der Waals surface area contributed by atoms with Crippen molar-refractivity contribution in [2.24, 2.45) is 0 Å². The van der Waals surface area contributed by atoms with Crippen molar-refractivity contribution in [2.45, 2.75) is 45.3 Å². The Kier molecular flexibility index (Phi) is 4.56. The smallest absolute Gasteiger partial charge is 0.255 e. The molecule has 3 aromatic rings. The number of carbonyl (C=O) groups is 1. The molecule has 0 saturated carbocycles. The minimum Gasteiger partial charge on any atom is -0.347 e. The highest BCUT2D eigenvalue weighted by molar-refractivity contribution is 5.95. The maximum absolute atomic E-state index is 12.8. The molecule has 26 heavy (non-hydrogen) atoms. The van der Waals surface area contributed by atoms with Gasteiger partial charge in [0.2, 0.25) is 0 Å². The number of nitrogens with one attached hydrogen (secondary N) is 1. The van der Waals surface area contributed by atoms with Gasteiger partial charge in [-0.25, -0.2) is 4.98 Å². The molecule has 6 heteroatoms. The van der Waals surface area contributed by atoms with E-state index in [0.717, 1.165) is 37.3 Å². The molecule has 0 saturated heterocycles. The van der Waals surface area contributed by atoms with Gasteiger partial charge in [0.15, 0.2) is 0 Å². The molecule has 0 spiro atoms. The predicted octanol–water partition coefficient (Wildman–Crippen LogP) is 2.44. The molecule has 4 rings (SSSR count). The highest BCUT2D eigenvalue weighted by Gasteiger charge is 2.23. The van der Waals surface area contributed by atoms with Gasteiger partial charge in [-0.3, -0.25) is 9.48 Å². The van der Waals surface area contributed by atoms with Crippen LogP contribution in [0.1, 0.15) is 40.8 Å². The summed E-state index contributed by atoms with van der Waals surface area (Å²) in [6, 6.07) is 10.3. The molecule has 1 atom stereocenters. The number of hydrogen-bond acceptors (Lipinski definition) is 3. The summed E-state index contributed by atoms with van der Waals surface area (Å²) in [5.74, 6) is 1.06. The zero-order chi connectivity index (χ0) is 17.9. The number of fused-ring (bicyclic) bond motifs is 1. The molecule has 1 aliphatic rings. The van der Waals surface area contributed by atoms with Crippen LogP contribution >= 0.6 is 0 Å². The molecule has 1 amide bonds. The number of imidazole rings is 1. The fourth-order valence-electron chi connectivity index (χ4n) is 3.61. The van der Waals surface area contributed by atoms with Crippen LogP contribution < -0.4 is 5.32 Å². The van der Waals surface area contributed by atoms with Crippen LogP contribution in [-0.4, -0.2) is 31.3 Å². The van der Waals surface area contributed by atoms with E-state index in [1.165, 1.54) is 5.56 Å². The molecule has 6 nitrogen and oxygen atoms in total. The van der Waals surface area contributed by atoms with Gasteiger partial charge in [-0.15, -0.1) is 0 Å². The molecule has 0 radical (unpaired) electrons. The Morgan fingerprint density at radius 2 is 2.15 bits per heavy atom.